The van der Waals surface area contributed by atoms with Crippen LogP contribution in [-0.2, 0) is 16.1 Å². The highest BCUT2D eigenvalue weighted by Gasteiger charge is 2.36. The van der Waals surface area contributed by atoms with E-state index in [1.54, 1.807) is 22.8 Å². The third-order valence-electron chi connectivity index (χ3n) is 8.88. The minimum absolute atomic E-state index is 0.0495. The molecule has 0 bridgehead atoms. The summed E-state index contributed by atoms with van der Waals surface area (Å²) in [5, 5.41) is 17.4. The highest BCUT2D eigenvalue weighted by atomic mass is 16.5. The van der Waals surface area contributed by atoms with Crippen molar-refractivity contribution in [2.75, 3.05) is 62.8 Å². The Hall–Kier alpha value is -4.20. The molecule has 13 heteroatoms. The third-order valence-corrected chi connectivity index (χ3v) is 8.88. The lowest BCUT2D eigenvalue weighted by Crippen LogP contribution is -2.50. The van der Waals surface area contributed by atoms with Crippen molar-refractivity contribution in [3.8, 4) is 11.5 Å². The lowest BCUT2D eigenvalue weighted by molar-refractivity contribution is -0.118. The number of nitrogens with zero attached hydrogens (tertiary/aromatic N) is 4. The molecule has 13 nitrogen and oxygen atoms in total. The van der Waals surface area contributed by atoms with Gasteiger partial charge in [0.15, 0.2) is 18.2 Å². The lowest BCUT2D eigenvalue weighted by Gasteiger charge is -2.39. The molecule has 2 aromatic heterocycles. The van der Waals surface area contributed by atoms with E-state index in [2.05, 4.69) is 20.5 Å². The minimum atomic E-state index is -1.09. The molecule has 3 aliphatic rings. The number of anilines is 2. The molecule has 1 saturated carbocycles. The van der Waals surface area contributed by atoms with Crippen molar-refractivity contribution in [1.29, 1.82) is 0 Å². The number of ether oxygens (including phenoxy) is 3. The molecule has 4 heterocycles. The number of hydrogen-bond donors (Lipinski definition) is 3. The summed E-state index contributed by atoms with van der Waals surface area (Å²) in [4.78, 5) is 45.1. The number of carbonyl (C=O) groups excluding carboxylic acids is 1. The van der Waals surface area contributed by atoms with Crippen LogP contribution < -0.4 is 30.6 Å². The van der Waals surface area contributed by atoms with Crippen molar-refractivity contribution in [2.24, 2.45) is 5.92 Å². The van der Waals surface area contributed by atoms with Crippen LogP contribution in [-0.4, -0.2) is 96.2 Å². The van der Waals surface area contributed by atoms with E-state index in [0.29, 0.717) is 31.9 Å². The summed E-state index contributed by atoms with van der Waals surface area (Å²) >= 11 is 0. The van der Waals surface area contributed by atoms with Gasteiger partial charge in [0, 0.05) is 56.9 Å². The molecule has 240 valence electrons. The van der Waals surface area contributed by atoms with Gasteiger partial charge in [0.1, 0.15) is 18.2 Å². The molecule has 1 aromatic carbocycles. The Morgan fingerprint density at radius 2 is 1.96 bits per heavy atom. The van der Waals surface area contributed by atoms with Gasteiger partial charge in [-0.3, -0.25) is 19.4 Å². The fourth-order valence-corrected chi connectivity index (χ4v) is 6.53. The molecular formula is C32H40N6O7. The van der Waals surface area contributed by atoms with Crippen molar-refractivity contribution in [3.63, 3.8) is 0 Å². The van der Waals surface area contributed by atoms with Crippen molar-refractivity contribution in [1.82, 2.24) is 19.8 Å². The van der Waals surface area contributed by atoms with Crippen molar-refractivity contribution < 1.29 is 28.9 Å². The van der Waals surface area contributed by atoms with E-state index in [1.165, 1.54) is 4.90 Å². The van der Waals surface area contributed by atoms with Gasteiger partial charge < -0.3 is 34.5 Å². The second kappa shape index (κ2) is 13.8. The number of amides is 2. The van der Waals surface area contributed by atoms with Gasteiger partial charge in [-0.25, -0.2) is 9.78 Å². The zero-order chi connectivity index (χ0) is 31.3. The van der Waals surface area contributed by atoms with Crippen LogP contribution in [0.3, 0.4) is 0 Å². The quantitative estimate of drug-likeness (QED) is 0.309. The van der Waals surface area contributed by atoms with Gasteiger partial charge in [-0.2, -0.15) is 0 Å². The molecule has 0 radical (unpaired) electrons. The van der Waals surface area contributed by atoms with E-state index >= 15 is 0 Å². The number of benzene rings is 1. The topological polar surface area (TPSA) is 147 Å². The smallest absolute Gasteiger partial charge is 0.413 e. The van der Waals surface area contributed by atoms with Crippen LogP contribution in [0.25, 0.3) is 10.9 Å². The highest BCUT2D eigenvalue weighted by molar-refractivity contribution is 5.95. The molecule has 3 N–H and O–H groups in total. The molecule has 2 aliphatic heterocycles. The third kappa shape index (κ3) is 7.21. The Bertz CT molecular complexity index is 1590. The van der Waals surface area contributed by atoms with Crippen LogP contribution in [0.5, 0.6) is 11.5 Å². The first kappa shape index (κ1) is 30.8. The molecule has 1 aliphatic carbocycles. The number of fused-ring (bicyclic) bond motifs is 2. The molecule has 3 aromatic rings. The first-order valence-electron chi connectivity index (χ1n) is 15.6. The Morgan fingerprint density at radius 3 is 2.76 bits per heavy atom. The van der Waals surface area contributed by atoms with E-state index in [4.69, 9.17) is 14.2 Å². The maximum absolute atomic E-state index is 12.9. The Kier molecular flexibility index (Phi) is 9.47. The molecule has 45 heavy (non-hydrogen) atoms. The van der Waals surface area contributed by atoms with E-state index in [1.807, 2.05) is 31.2 Å². The standard InChI is InChI=1S/C32H40N6O7/c1-21-18-23(4-6-25(21)38(32(41)42)28-8-7-27-31(34-28)35-29(39)20-45-27)33-10-11-37-26-19-24(5-2-22(26)3-9-30(37)40)44-17-14-36-12-15-43-16-13-36/h2-3,5,7-9,19,21,23,25,33H,4,6,10-18,20H2,1H3,(H,41,42)(H,34,35,39)/t21-,23-,25-/m0/s1. The zero-order valence-electron chi connectivity index (χ0n) is 25.4. The van der Waals surface area contributed by atoms with Gasteiger partial charge in [-0.15, -0.1) is 0 Å². The molecule has 2 fully saturated rings. The average Bonchev–Trinajstić information content (AvgIpc) is 3.03. The molecule has 0 spiro atoms. The van der Waals surface area contributed by atoms with Crippen molar-refractivity contribution >= 4 is 34.5 Å². The Morgan fingerprint density at radius 1 is 1.13 bits per heavy atom. The summed E-state index contributed by atoms with van der Waals surface area (Å²) in [7, 11) is 0. The first-order valence-corrected chi connectivity index (χ1v) is 15.6. The number of morpholine rings is 1. The second-order valence-electron chi connectivity index (χ2n) is 11.9. The van der Waals surface area contributed by atoms with Crippen LogP contribution in [0.15, 0.2) is 47.3 Å². The summed E-state index contributed by atoms with van der Waals surface area (Å²) in [5.41, 5.74) is 0.768. The highest BCUT2D eigenvalue weighted by Crippen LogP contribution is 2.34. The number of aromatic nitrogens is 2. The van der Waals surface area contributed by atoms with Crippen molar-refractivity contribution in [3.05, 3.63) is 52.8 Å². The summed E-state index contributed by atoms with van der Waals surface area (Å²) in [6, 6.07) is 12.5. The summed E-state index contributed by atoms with van der Waals surface area (Å²) in [6.45, 7) is 7.77. The van der Waals surface area contributed by atoms with Gasteiger partial charge in [-0.05, 0) is 60.9 Å². The summed E-state index contributed by atoms with van der Waals surface area (Å²) < 4.78 is 18.6. The number of nitrogens with one attached hydrogen (secondary N) is 2. The predicted octanol–water partition coefficient (Wildman–Crippen LogP) is 2.77. The van der Waals surface area contributed by atoms with E-state index in [9.17, 15) is 19.5 Å². The van der Waals surface area contributed by atoms with Gasteiger partial charge in [-0.1, -0.05) is 6.92 Å². The normalized spacial score (nSPS) is 21.9. The maximum Gasteiger partial charge on any atom is 0.413 e. The number of rotatable bonds is 10. The summed E-state index contributed by atoms with van der Waals surface area (Å²) in [5.74, 6) is 1.37. The Labute approximate surface area is 261 Å². The zero-order valence-corrected chi connectivity index (χ0v) is 25.4. The van der Waals surface area contributed by atoms with Crippen LogP contribution in [0.4, 0.5) is 16.4 Å². The van der Waals surface area contributed by atoms with Gasteiger partial charge >= 0.3 is 6.09 Å². The van der Waals surface area contributed by atoms with Crippen LogP contribution in [0.2, 0.25) is 0 Å². The first-order chi connectivity index (χ1) is 21.9. The minimum Gasteiger partial charge on any atom is -0.492 e. The number of carboxylic acid groups (broad SMARTS) is 1. The van der Waals surface area contributed by atoms with Gasteiger partial charge in [0.25, 0.3) is 11.5 Å². The molecular weight excluding hydrogens is 580 g/mol. The van der Waals surface area contributed by atoms with Crippen LogP contribution in [0, 0.1) is 5.92 Å². The average molecular weight is 621 g/mol. The van der Waals surface area contributed by atoms with Crippen LogP contribution >= 0.6 is 0 Å². The Balaban J connectivity index is 1.05. The van der Waals surface area contributed by atoms with E-state index in [0.717, 1.165) is 62.3 Å². The fraction of sp³-hybridized carbons (Fsp3) is 0.500. The molecule has 6 rings (SSSR count). The molecule has 1 saturated heterocycles. The number of hydrogen-bond acceptors (Lipinski definition) is 9. The SMILES string of the molecule is C[C@H]1C[C@@H](NCCn2c(=O)ccc3ccc(OCCN4CCOCC4)cc32)CC[C@@H]1N(C(=O)O)c1ccc2c(n1)NC(=O)CO2. The summed E-state index contributed by atoms with van der Waals surface area (Å²) in [6.07, 6.45) is 1.10. The largest absolute Gasteiger partial charge is 0.492 e. The van der Waals surface area contributed by atoms with Crippen LogP contribution in [0.1, 0.15) is 26.2 Å². The lowest BCUT2D eigenvalue weighted by atomic mass is 9.82. The molecule has 2 amide bonds. The van der Waals surface area contributed by atoms with E-state index in [-0.39, 0.29) is 47.7 Å². The van der Waals surface area contributed by atoms with Crippen molar-refractivity contribution in [2.45, 2.75) is 44.8 Å². The number of carbonyl (C=O) groups is 2. The monoisotopic (exact) mass is 620 g/mol. The van der Waals surface area contributed by atoms with Gasteiger partial charge in [0.05, 0.1) is 18.7 Å². The van der Waals surface area contributed by atoms with Gasteiger partial charge in [0.2, 0.25) is 0 Å². The fourth-order valence-electron chi connectivity index (χ4n) is 6.53. The van der Waals surface area contributed by atoms with E-state index < -0.39 is 6.09 Å². The molecule has 0 unspecified atom stereocenters. The predicted molar refractivity (Wildman–Crippen MR) is 168 cm³/mol. The maximum atomic E-state index is 12.9. The second-order valence-corrected chi connectivity index (χ2v) is 11.9. The molecule has 3 atom stereocenters. The number of pyridine rings is 2.